The molecule has 1 heterocycles. The Morgan fingerprint density at radius 2 is 1.88 bits per heavy atom. The fourth-order valence-corrected chi connectivity index (χ4v) is 1.65. The minimum absolute atomic E-state index is 0.0190. The van der Waals surface area contributed by atoms with Crippen molar-refractivity contribution >= 4 is 28.4 Å². The van der Waals surface area contributed by atoms with Gasteiger partial charge in [-0.3, -0.25) is 0 Å². The highest BCUT2D eigenvalue weighted by Crippen LogP contribution is 2.32. The molecule has 1 aromatic heterocycles. The number of anilines is 1. The largest absolute Gasteiger partial charge is 0.380 e. The summed E-state index contributed by atoms with van der Waals surface area (Å²) in [5.41, 5.74) is 5.18. The van der Waals surface area contributed by atoms with E-state index in [0.29, 0.717) is 3.57 Å². The molecule has 84 valence electrons. The van der Waals surface area contributed by atoms with Crippen LogP contribution in [0.2, 0.25) is 0 Å². The Morgan fingerprint density at radius 1 is 1.19 bits per heavy atom. The van der Waals surface area contributed by atoms with Gasteiger partial charge in [0.25, 0.3) is 0 Å². The Labute approximate surface area is 102 Å². The van der Waals surface area contributed by atoms with E-state index in [1.54, 1.807) is 22.6 Å². The van der Waals surface area contributed by atoms with Crippen molar-refractivity contribution in [1.82, 2.24) is 5.16 Å². The molecule has 0 fully saturated rings. The number of aromatic nitrogens is 1. The van der Waals surface area contributed by atoms with Gasteiger partial charge in [0, 0.05) is 0 Å². The second kappa shape index (κ2) is 3.96. The van der Waals surface area contributed by atoms with Crippen LogP contribution in [0.3, 0.4) is 0 Å². The molecular weight excluding hydrogens is 336 g/mol. The Balaban J connectivity index is 2.66. The Hall–Kier alpha value is -1.25. The SMILES string of the molecule is Nc1noc(-c2ccc(F)c(F)c2F)c1I. The summed E-state index contributed by atoms with van der Waals surface area (Å²) < 4.78 is 44.1. The van der Waals surface area contributed by atoms with Crippen LogP contribution < -0.4 is 5.73 Å². The van der Waals surface area contributed by atoms with E-state index in [0.717, 1.165) is 12.1 Å². The maximum Gasteiger partial charge on any atom is 0.195 e. The highest BCUT2D eigenvalue weighted by atomic mass is 127. The highest BCUT2D eigenvalue weighted by molar-refractivity contribution is 14.1. The normalized spacial score (nSPS) is 10.8. The minimum Gasteiger partial charge on any atom is -0.380 e. The van der Waals surface area contributed by atoms with Crippen LogP contribution >= 0.6 is 22.6 Å². The summed E-state index contributed by atoms with van der Waals surface area (Å²) in [5, 5.41) is 3.40. The highest BCUT2D eigenvalue weighted by Gasteiger charge is 2.21. The van der Waals surface area contributed by atoms with E-state index < -0.39 is 17.5 Å². The molecule has 16 heavy (non-hydrogen) atoms. The molecule has 1 aromatic carbocycles. The summed E-state index contributed by atoms with van der Waals surface area (Å²) in [6, 6.07) is 1.87. The number of benzene rings is 1. The van der Waals surface area contributed by atoms with Gasteiger partial charge >= 0.3 is 0 Å². The van der Waals surface area contributed by atoms with Gasteiger partial charge in [-0.05, 0) is 34.7 Å². The first-order valence-electron chi connectivity index (χ1n) is 4.07. The van der Waals surface area contributed by atoms with Crippen LogP contribution in [0.4, 0.5) is 19.0 Å². The molecule has 0 amide bonds. The monoisotopic (exact) mass is 340 g/mol. The van der Waals surface area contributed by atoms with Gasteiger partial charge in [0.1, 0.15) is 3.57 Å². The molecule has 3 nitrogen and oxygen atoms in total. The number of halogens is 4. The van der Waals surface area contributed by atoms with Crippen LogP contribution in [-0.2, 0) is 0 Å². The van der Waals surface area contributed by atoms with Crippen LogP contribution in [-0.4, -0.2) is 5.16 Å². The molecular formula is C9H4F3IN2O. The minimum atomic E-state index is -1.55. The van der Waals surface area contributed by atoms with Crippen molar-refractivity contribution in [3.63, 3.8) is 0 Å². The van der Waals surface area contributed by atoms with Crippen LogP contribution in [0, 0.1) is 21.0 Å². The van der Waals surface area contributed by atoms with Crippen LogP contribution in [0.25, 0.3) is 11.3 Å². The molecule has 7 heteroatoms. The van der Waals surface area contributed by atoms with E-state index in [2.05, 4.69) is 5.16 Å². The number of nitrogens with zero attached hydrogens (tertiary/aromatic N) is 1. The van der Waals surface area contributed by atoms with Gasteiger partial charge in [0.05, 0.1) is 5.56 Å². The van der Waals surface area contributed by atoms with Crippen LogP contribution in [0.1, 0.15) is 0 Å². The molecule has 0 bridgehead atoms. The number of rotatable bonds is 1. The standard InChI is InChI=1S/C9H4F3IN2O/c10-4-2-1-3(5(11)6(4)12)8-7(13)9(14)15-16-8/h1-2H,(H2,14,15). The summed E-state index contributed by atoms with van der Waals surface area (Å²) in [5.74, 6) is -4.09. The number of nitrogen functional groups attached to an aromatic ring is 1. The van der Waals surface area contributed by atoms with E-state index in [4.69, 9.17) is 10.3 Å². The van der Waals surface area contributed by atoms with Gasteiger partial charge in [0.15, 0.2) is 29.0 Å². The van der Waals surface area contributed by atoms with Crippen LogP contribution in [0.5, 0.6) is 0 Å². The van der Waals surface area contributed by atoms with Crippen molar-refractivity contribution in [2.75, 3.05) is 5.73 Å². The maximum atomic E-state index is 13.4. The lowest BCUT2D eigenvalue weighted by molar-refractivity contribution is 0.423. The Morgan fingerprint density at radius 3 is 2.44 bits per heavy atom. The smallest absolute Gasteiger partial charge is 0.195 e. The van der Waals surface area contributed by atoms with Crippen molar-refractivity contribution in [2.45, 2.75) is 0 Å². The van der Waals surface area contributed by atoms with Crippen molar-refractivity contribution in [3.05, 3.63) is 33.2 Å². The third-order valence-electron chi connectivity index (χ3n) is 1.94. The lowest BCUT2D eigenvalue weighted by atomic mass is 10.1. The average Bonchev–Trinajstić information content (AvgIpc) is 2.58. The number of hydrogen-bond donors (Lipinski definition) is 1. The molecule has 0 unspecified atom stereocenters. The third kappa shape index (κ3) is 1.64. The van der Waals surface area contributed by atoms with E-state index >= 15 is 0 Å². The molecule has 2 rings (SSSR count). The topological polar surface area (TPSA) is 52.0 Å². The predicted molar refractivity (Wildman–Crippen MR) is 58.9 cm³/mol. The van der Waals surface area contributed by atoms with E-state index in [9.17, 15) is 13.2 Å². The summed E-state index contributed by atoms with van der Waals surface area (Å²) in [6.07, 6.45) is 0. The van der Waals surface area contributed by atoms with Crippen LogP contribution in [0.15, 0.2) is 16.7 Å². The molecule has 0 aliphatic carbocycles. The zero-order chi connectivity index (χ0) is 11.9. The molecule has 0 atom stereocenters. The summed E-state index contributed by atoms with van der Waals surface area (Å²) in [7, 11) is 0. The Kier molecular flexibility index (Phi) is 2.78. The van der Waals surface area contributed by atoms with Crippen molar-refractivity contribution in [2.24, 2.45) is 0 Å². The Bertz CT molecular complexity index is 556. The maximum absolute atomic E-state index is 13.4. The van der Waals surface area contributed by atoms with E-state index in [1.165, 1.54) is 0 Å². The predicted octanol–water partition coefficient (Wildman–Crippen LogP) is 2.95. The third-order valence-corrected chi connectivity index (χ3v) is 2.98. The van der Waals surface area contributed by atoms with Crippen molar-refractivity contribution in [1.29, 1.82) is 0 Å². The van der Waals surface area contributed by atoms with Gasteiger partial charge in [-0.15, -0.1) is 0 Å². The first kappa shape index (κ1) is 11.2. The molecule has 0 aliphatic rings. The first-order chi connectivity index (χ1) is 7.52. The zero-order valence-corrected chi connectivity index (χ0v) is 9.76. The average molecular weight is 340 g/mol. The molecule has 0 radical (unpaired) electrons. The molecule has 0 spiro atoms. The molecule has 0 saturated carbocycles. The van der Waals surface area contributed by atoms with Gasteiger partial charge < -0.3 is 10.3 Å². The second-order valence-corrected chi connectivity index (χ2v) is 4.01. The fourth-order valence-electron chi connectivity index (χ4n) is 1.16. The molecule has 0 saturated heterocycles. The second-order valence-electron chi connectivity index (χ2n) is 2.93. The van der Waals surface area contributed by atoms with Crippen molar-refractivity contribution < 1.29 is 17.7 Å². The van der Waals surface area contributed by atoms with Crippen molar-refractivity contribution in [3.8, 4) is 11.3 Å². The number of nitrogens with two attached hydrogens (primary N) is 1. The summed E-state index contributed by atoms with van der Waals surface area (Å²) in [4.78, 5) is 0. The molecule has 2 N–H and O–H groups in total. The fraction of sp³-hybridized carbons (Fsp3) is 0. The van der Waals surface area contributed by atoms with Gasteiger partial charge in [-0.25, -0.2) is 13.2 Å². The summed E-state index contributed by atoms with van der Waals surface area (Å²) in [6.45, 7) is 0. The van der Waals surface area contributed by atoms with E-state index in [1.807, 2.05) is 0 Å². The molecule has 0 aliphatic heterocycles. The lowest BCUT2D eigenvalue weighted by Gasteiger charge is -2.01. The lowest BCUT2D eigenvalue weighted by Crippen LogP contribution is -1.94. The summed E-state index contributed by atoms with van der Waals surface area (Å²) >= 11 is 1.78. The van der Waals surface area contributed by atoms with Gasteiger partial charge in [-0.1, -0.05) is 5.16 Å². The zero-order valence-electron chi connectivity index (χ0n) is 7.60. The van der Waals surface area contributed by atoms with Gasteiger partial charge in [0.2, 0.25) is 0 Å². The van der Waals surface area contributed by atoms with Gasteiger partial charge in [-0.2, -0.15) is 0 Å². The number of hydrogen-bond acceptors (Lipinski definition) is 3. The van der Waals surface area contributed by atoms with E-state index in [-0.39, 0.29) is 17.1 Å². The quantitative estimate of drug-likeness (QED) is 0.642. The molecule has 2 aromatic rings. The first-order valence-corrected chi connectivity index (χ1v) is 5.14.